The van der Waals surface area contributed by atoms with Gasteiger partial charge in [0.05, 0.1) is 12.4 Å². The molecule has 5 nitrogen and oxygen atoms in total. The van der Waals surface area contributed by atoms with Gasteiger partial charge in [0.1, 0.15) is 5.01 Å². The van der Waals surface area contributed by atoms with E-state index in [9.17, 15) is 9.59 Å². The van der Waals surface area contributed by atoms with Crippen LogP contribution in [-0.4, -0.2) is 30.0 Å². The van der Waals surface area contributed by atoms with E-state index in [4.69, 9.17) is 4.74 Å². The number of thiazole rings is 1. The molecule has 0 unspecified atom stereocenters. The Hall–Kier alpha value is -1.86. The van der Waals surface area contributed by atoms with Gasteiger partial charge in [-0.2, -0.15) is 0 Å². The van der Waals surface area contributed by atoms with Crippen molar-refractivity contribution in [2.75, 3.05) is 13.2 Å². The van der Waals surface area contributed by atoms with Gasteiger partial charge in [0.2, 0.25) is 0 Å². The minimum atomic E-state index is -0.383. The Bertz CT molecular complexity index is 711. The van der Waals surface area contributed by atoms with Crippen LogP contribution < -0.4 is 5.32 Å². The predicted octanol–water partition coefficient (Wildman–Crippen LogP) is 4.00. The van der Waals surface area contributed by atoms with Crippen LogP contribution in [0.25, 0.3) is 0 Å². The van der Waals surface area contributed by atoms with Crippen LogP contribution in [0.5, 0.6) is 0 Å². The first-order valence-corrected chi connectivity index (χ1v) is 9.98. The fraction of sp³-hybridized carbons (Fsp3) is 0.389. The van der Waals surface area contributed by atoms with Crippen LogP contribution in [-0.2, 0) is 10.5 Å². The molecular formula is C18H22N2O3S2. The highest BCUT2D eigenvalue weighted by Gasteiger charge is 2.12. The molecule has 0 saturated carbocycles. The van der Waals surface area contributed by atoms with E-state index in [2.05, 4.69) is 24.1 Å². The minimum absolute atomic E-state index is 0.0516. The molecule has 0 radical (unpaired) electrons. The van der Waals surface area contributed by atoms with Gasteiger partial charge in [0.15, 0.2) is 5.69 Å². The highest BCUT2D eigenvalue weighted by Crippen LogP contribution is 2.25. The maximum atomic E-state index is 12.0. The highest BCUT2D eigenvalue weighted by molar-refractivity contribution is 7.98. The number of ether oxygens (including phenoxy) is 1. The van der Waals surface area contributed by atoms with Gasteiger partial charge in [-0.15, -0.1) is 23.1 Å². The van der Waals surface area contributed by atoms with Crippen LogP contribution in [0.3, 0.4) is 0 Å². The Balaban J connectivity index is 1.87. The van der Waals surface area contributed by atoms with Crippen molar-refractivity contribution in [2.45, 2.75) is 31.4 Å². The normalized spacial score (nSPS) is 10.7. The second-order valence-corrected chi connectivity index (χ2v) is 7.76. The van der Waals surface area contributed by atoms with Crippen LogP contribution in [0.4, 0.5) is 0 Å². The summed E-state index contributed by atoms with van der Waals surface area (Å²) in [5.74, 6) is 0.663. The van der Waals surface area contributed by atoms with Crippen molar-refractivity contribution < 1.29 is 14.3 Å². The largest absolute Gasteiger partial charge is 0.461 e. The molecule has 2 aromatic rings. The van der Waals surface area contributed by atoms with Crippen LogP contribution in [0.2, 0.25) is 0 Å². The summed E-state index contributed by atoms with van der Waals surface area (Å²) in [6.45, 7) is 6.91. The van der Waals surface area contributed by atoms with E-state index in [1.165, 1.54) is 11.3 Å². The van der Waals surface area contributed by atoms with Gasteiger partial charge in [-0.3, -0.25) is 4.79 Å². The summed E-state index contributed by atoms with van der Waals surface area (Å²) < 4.78 is 4.93. The second kappa shape index (κ2) is 9.58. The van der Waals surface area contributed by atoms with Gasteiger partial charge in [0.25, 0.3) is 5.91 Å². The summed E-state index contributed by atoms with van der Waals surface area (Å²) in [5, 5.41) is 5.49. The van der Waals surface area contributed by atoms with E-state index < -0.39 is 0 Å². The van der Waals surface area contributed by atoms with Crippen molar-refractivity contribution >= 4 is 35.0 Å². The van der Waals surface area contributed by atoms with Crippen molar-refractivity contribution in [3.63, 3.8) is 0 Å². The van der Waals surface area contributed by atoms with Crippen LogP contribution in [0.15, 0.2) is 34.5 Å². The zero-order valence-corrected chi connectivity index (χ0v) is 16.2. The van der Waals surface area contributed by atoms with Gasteiger partial charge in [0, 0.05) is 22.4 Å². The molecule has 134 valence electrons. The number of benzene rings is 1. The third-order valence-electron chi connectivity index (χ3n) is 3.19. The van der Waals surface area contributed by atoms with Gasteiger partial charge in [-0.1, -0.05) is 13.8 Å². The maximum Gasteiger partial charge on any atom is 0.357 e. The lowest BCUT2D eigenvalue weighted by atomic mass is 10.2. The van der Waals surface area contributed by atoms with Crippen molar-refractivity contribution in [3.8, 4) is 0 Å². The van der Waals surface area contributed by atoms with Gasteiger partial charge in [-0.05, 0) is 37.1 Å². The Kier molecular flexibility index (Phi) is 7.46. The zero-order chi connectivity index (χ0) is 18.2. The number of aromatic nitrogens is 1. The number of hydrogen-bond donors (Lipinski definition) is 1. The van der Waals surface area contributed by atoms with Gasteiger partial charge in [-0.25, -0.2) is 9.78 Å². The Morgan fingerprint density at radius 2 is 2.00 bits per heavy atom. The number of nitrogens with zero attached hydrogens (tertiary/aromatic N) is 1. The number of esters is 1. The molecule has 0 aliphatic heterocycles. The molecule has 0 bridgehead atoms. The summed E-state index contributed by atoms with van der Waals surface area (Å²) in [4.78, 5) is 28.9. The third kappa shape index (κ3) is 6.17. The third-order valence-corrected chi connectivity index (χ3v) is 5.24. The molecule has 1 N–H and O–H groups in total. The first-order chi connectivity index (χ1) is 12.0. The molecule has 0 saturated heterocycles. The van der Waals surface area contributed by atoms with Crippen LogP contribution in [0, 0.1) is 5.92 Å². The van der Waals surface area contributed by atoms with Crippen molar-refractivity contribution in [2.24, 2.45) is 5.92 Å². The Morgan fingerprint density at radius 3 is 2.64 bits per heavy atom. The molecule has 0 aliphatic rings. The highest BCUT2D eigenvalue weighted by atomic mass is 32.2. The number of carbonyl (C=O) groups is 2. The Morgan fingerprint density at radius 1 is 1.28 bits per heavy atom. The summed E-state index contributed by atoms with van der Waals surface area (Å²) in [5.41, 5.74) is 1.02. The molecule has 0 atom stereocenters. The fourth-order valence-electron chi connectivity index (χ4n) is 1.92. The van der Waals surface area contributed by atoms with E-state index in [0.717, 1.165) is 9.90 Å². The molecule has 1 amide bonds. The molecule has 1 aromatic carbocycles. The average molecular weight is 379 g/mol. The predicted molar refractivity (Wildman–Crippen MR) is 101 cm³/mol. The molecule has 0 aliphatic carbocycles. The van der Waals surface area contributed by atoms with E-state index in [1.807, 2.05) is 24.3 Å². The van der Waals surface area contributed by atoms with Crippen molar-refractivity contribution in [3.05, 3.63) is 45.9 Å². The van der Waals surface area contributed by atoms with Crippen molar-refractivity contribution in [1.29, 1.82) is 0 Å². The zero-order valence-electron chi connectivity index (χ0n) is 14.6. The minimum Gasteiger partial charge on any atom is -0.461 e. The summed E-state index contributed by atoms with van der Waals surface area (Å²) >= 11 is 3.06. The SMILES string of the molecule is CCOC(=O)c1csc(CSc2ccc(C(=O)NCC(C)C)cc2)n1. The number of nitrogens with one attached hydrogen (secondary N) is 1. The molecular weight excluding hydrogens is 356 g/mol. The topological polar surface area (TPSA) is 68.3 Å². The number of thioether (sulfide) groups is 1. The number of rotatable bonds is 8. The molecule has 7 heteroatoms. The van der Waals surface area contributed by atoms with Gasteiger partial charge >= 0.3 is 5.97 Å². The molecule has 1 heterocycles. The molecule has 0 fully saturated rings. The molecule has 1 aromatic heterocycles. The smallest absolute Gasteiger partial charge is 0.357 e. The number of carbonyl (C=O) groups excluding carboxylic acids is 2. The number of hydrogen-bond acceptors (Lipinski definition) is 6. The van der Waals surface area contributed by atoms with E-state index in [1.54, 1.807) is 24.1 Å². The lowest BCUT2D eigenvalue weighted by Gasteiger charge is -2.08. The standard InChI is InChI=1S/C18H22N2O3S2/c1-4-23-18(22)15-10-25-16(20-15)11-24-14-7-5-13(6-8-14)17(21)19-9-12(2)3/h5-8,10,12H,4,9,11H2,1-3H3,(H,19,21). The summed E-state index contributed by atoms with van der Waals surface area (Å²) in [7, 11) is 0. The lowest BCUT2D eigenvalue weighted by molar-refractivity contribution is 0.0520. The Labute approximate surface area is 156 Å². The molecule has 25 heavy (non-hydrogen) atoms. The molecule has 2 rings (SSSR count). The van der Waals surface area contributed by atoms with Gasteiger partial charge < -0.3 is 10.1 Å². The van der Waals surface area contributed by atoms with E-state index in [-0.39, 0.29) is 11.9 Å². The maximum absolute atomic E-state index is 12.0. The second-order valence-electron chi connectivity index (χ2n) is 5.76. The number of amides is 1. The lowest BCUT2D eigenvalue weighted by Crippen LogP contribution is -2.27. The fourth-order valence-corrected chi connectivity index (χ4v) is 3.60. The molecule has 0 spiro atoms. The van der Waals surface area contributed by atoms with Crippen molar-refractivity contribution in [1.82, 2.24) is 10.3 Å². The van der Waals surface area contributed by atoms with Crippen LogP contribution >= 0.6 is 23.1 Å². The summed E-state index contributed by atoms with van der Waals surface area (Å²) in [6.07, 6.45) is 0. The first kappa shape index (κ1) is 19.5. The monoisotopic (exact) mass is 378 g/mol. The van der Waals surface area contributed by atoms with E-state index in [0.29, 0.717) is 36.1 Å². The average Bonchev–Trinajstić information content (AvgIpc) is 3.07. The first-order valence-electron chi connectivity index (χ1n) is 8.12. The van der Waals surface area contributed by atoms with E-state index >= 15 is 0 Å². The summed E-state index contributed by atoms with van der Waals surface area (Å²) in [6, 6.07) is 7.50. The van der Waals surface area contributed by atoms with Crippen LogP contribution in [0.1, 0.15) is 46.6 Å². The quantitative estimate of drug-likeness (QED) is 0.555.